The Hall–Kier alpha value is -4.40. The van der Waals surface area contributed by atoms with Crippen LogP contribution in [0.1, 0.15) is 27.6 Å². The zero-order chi connectivity index (χ0) is 28.7. The fourth-order valence-electron chi connectivity index (χ4n) is 5.80. The second-order valence-electron chi connectivity index (χ2n) is 10.3. The molecule has 8 N–H and O–H groups in total. The molecule has 7 rings (SSSR count). The van der Waals surface area contributed by atoms with Crippen LogP contribution < -0.4 is 20.1 Å². The highest BCUT2D eigenvalue weighted by Crippen LogP contribution is 2.45. The number of rotatable bonds is 4. The lowest BCUT2D eigenvalue weighted by atomic mass is 9.91. The first-order valence-corrected chi connectivity index (χ1v) is 12.9. The lowest BCUT2D eigenvalue weighted by Crippen LogP contribution is -2.60. The lowest BCUT2D eigenvalue weighted by Gasteiger charge is -2.40. The molecule has 1 saturated heterocycles. The molecule has 1 fully saturated rings. The maximum Gasteiger partial charge on any atom is 0.259 e. The minimum absolute atomic E-state index is 0.0805. The van der Waals surface area contributed by atoms with Crippen molar-refractivity contribution < 1.29 is 49.3 Å². The van der Waals surface area contributed by atoms with Gasteiger partial charge in [-0.2, -0.15) is 0 Å². The molecular formula is C28H25N3O10. The maximum absolute atomic E-state index is 13.2. The molecule has 0 aliphatic carbocycles. The molecule has 41 heavy (non-hydrogen) atoms. The normalized spacial score (nSPS) is 27.0. The molecule has 212 valence electrons. The van der Waals surface area contributed by atoms with E-state index in [2.05, 4.69) is 15.6 Å². The fourth-order valence-corrected chi connectivity index (χ4v) is 5.80. The Labute approximate surface area is 230 Å². The molecule has 1 aromatic heterocycles. The van der Waals surface area contributed by atoms with Gasteiger partial charge in [0.05, 0.1) is 23.3 Å². The van der Waals surface area contributed by atoms with Crippen LogP contribution in [0.25, 0.3) is 32.9 Å². The van der Waals surface area contributed by atoms with Gasteiger partial charge < -0.3 is 50.0 Å². The van der Waals surface area contributed by atoms with Gasteiger partial charge in [0, 0.05) is 40.5 Å². The van der Waals surface area contributed by atoms with E-state index in [1.165, 1.54) is 18.2 Å². The summed E-state index contributed by atoms with van der Waals surface area (Å²) in [5.41, 5.74) is 2.24. The summed E-state index contributed by atoms with van der Waals surface area (Å²) >= 11 is 0. The Morgan fingerprint density at radius 2 is 1.61 bits per heavy atom. The van der Waals surface area contributed by atoms with Crippen molar-refractivity contribution in [3.63, 3.8) is 0 Å². The third-order valence-corrected chi connectivity index (χ3v) is 7.70. The van der Waals surface area contributed by atoms with Crippen molar-refractivity contribution in [3.05, 3.63) is 47.5 Å². The summed E-state index contributed by atoms with van der Waals surface area (Å²) < 4.78 is 17.0. The Balaban J connectivity index is 1.41. The topological polar surface area (TPSA) is 203 Å². The monoisotopic (exact) mass is 563 g/mol. The molecule has 4 heterocycles. The smallest absolute Gasteiger partial charge is 0.259 e. The van der Waals surface area contributed by atoms with Crippen molar-refractivity contribution in [2.24, 2.45) is 0 Å². The summed E-state index contributed by atoms with van der Waals surface area (Å²) in [6, 6.07) is 9.41. The molecule has 13 nitrogen and oxygen atoms in total. The van der Waals surface area contributed by atoms with Crippen LogP contribution in [0.2, 0.25) is 0 Å². The fraction of sp³-hybridized carbons (Fsp3) is 0.286. The van der Waals surface area contributed by atoms with Crippen molar-refractivity contribution in [2.45, 2.75) is 43.9 Å². The Kier molecular flexibility index (Phi) is 5.65. The van der Waals surface area contributed by atoms with Crippen molar-refractivity contribution in [1.29, 1.82) is 0 Å². The van der Waals surface area contributed by atoms with Crippen LogP contribution in [-0.4, -0.2) is 85.9 Å². The summed E-state index contributed by atoms with van der Waals surface area (Å²) in [6.07, 6.45) is -7.65. The third kappa shape index (κ3) is 3.82. The molecule has 0 spiro atoms. The lowest BCUT2D eigenvalue weighted by molar-refractivity contribution is -0.221. The zero-order valence-corrected chi connectivity index (χ0v) is 21.4. The molecule has 6 atom stereocenters. The van der Waals surface area contributed by atoms with Crippen LogP contribution in [0.15, 0.2) is 36.4 Å². The van der Waals surface area contributed by atoms with Gasteiger partial charge in [-0.1, -0.05) is 0 Å². The average Bonchev–Trinajstić information content (AvgIpc) is 3.58. The SMILES string of the molecule is CC1Oc2cc3[nH]c4cc(-c5cc(O)ccc5NC5OC(CO)C(O)C(O)C5O)c5c(c4c3cc2O1)C(=O)NC5=O. The number of hydrogen-bond donors (Lipinski definition) is 8. The van der Waals surface area contributed by atoms with E-state index < -0.39 is 55.4 Å². The first-order chi connectivity index (χ1) is 19.6. The highest BCUT2D eigenvalue weighted by Gasteiger charge is 2.44. The van der Waals surface area contributed by atoms with Gasteiger partial charge in [0.15, 0.2) is 17.7 Å². The first kappa shape index (κ1) is 25.6. The van der Waals surface area contributed by atoms with Crippen LogP contribution >= 0.6 is 0 Å². The van der Waals surface area contributed by atoms with Gasteiger partial charge in [-0.3, -0.25) is 14.9 Å². The first-order valence-electron chi connectivity index (χ1n) is 12.9. The number of phenolic OH excluding ortho intramolecular Hbond substituents is 1. The molecule has 3 aromatic carbocycles. The summed E-state index contributed by atoms with van der Waals surface area (Å²) in [6.45, 7) is 1.14. The number of aliphatic hydroxyl groups is 4. The van der Waals surface area contributed by atoms with Gasteiger partial charge in [0.2, 0.25) is 6.29 Å². The van der Waals surface area contributed by atoms with E-state index in [-0.39, 0.29) is 28.1 Å². The predicted molar refractivity (Wildman–Crippen MR) is 143 cm³/mol. The predicted octanol–water partition coefficient (Wildman–Crippen LogP) is 0.906. The quantitative estimate of drug-likeness (QED) is 0.129. The van der Waals surface area contributed by atoms with Gasteiger partial charge in [0.25, 0.3) is 11.8 Å². The van der Waals surface area contributed by atoms with E-state index >= 15 is 0 Å². The summed E-state index contributed by atoms with van der Waals surface area (Å²) in [5, 5.41) is 57.4. The van der Waals surface area contributed by atoms with Crippen molar-refractivity contribution in [1.82, 2.24) is 10.3 Å². The number of imide groups is 1. The minimum atomic E-state index is -1.62. The van der Waals surface area contributed by atoms with E-state index in [1.54, 1.807) is 25.1 Å². The van der Waals surface area contributed by atoms with E-state index in [4.69, 9.17) is 14.2 Å². The third-order valence-electron chi connectivity index (χ3n) is 7.70. The molecule has 2 amide bonds. The number of phenols is 1. The van der Waals surface area contributed by atoms with Gasteiger partial charge in [0.1, 0.15) is 30.2 Å². The van der Waals surface area contributed by atoms with E-state index in [0.29, 0.717) is 38.9 Å². The van der Waals surface area contributed by atoms with Crippen LogP contribution in [0.4, 0.5) is 5.69 Å². The van der Waals surface area contributed by atoms with E-state index in [9.17, 15) is 35.1 Å². The zero-order valence-electron chi connectivity index (χ0n) is 21.4. The van der Waals surface area contributed by atoms with Crippen LogP contribution in [0.5, 0.6) is 17.2 Å². The number of fused-ring (bicyclic) bond motifs is 6. The number of amides is 2. The number of nitrogens with one attached hydrogen (secondary N) is 3. The summed E-state index contributed by atoms with van der Waals surface area (Å²) in [4.78, 5) is 29.6. The maximum atomic E-state index is 13.2. The Bertz CT molecular complexity index is 1770. The molecule has 3 aliphatic heterocycles. The number of aromatic amines is 1. The van der Waals surface area contributed by atoms with Crippen LogP contribution in [-0.2, 0) is 4.74 Å². The number of aliphatic hydroxyl groups excluding tert-OH is 4. The van der Waals surface area contributed by atoms with Crippen LogP contribution in [0, 0.1) is 0 Å². The Morgan fingerprint density at radius 3 is 2.37 bits per heavy atom. The number of aromatic nitrogens is 1. The number of anilines is 1. The molecule has 0 bridgehead atoms. The molecule has 0 saturated carbocycles. The highest BCUT2D eigenvalue weighted by atomic mass is 16.7. The van der Waals surface area contributed by atoms with Gasteiger partial charge >= 0.3 is 0 Å². The molecule has 6 unspecified atom stereocenters. The molecule has 13 heteroatoms. The molecule has 3 aliphatic rings. The molecule has 0 radical (unpaired) electrons. The standard InChI is InChI=1S/C28H25N3O10/c1-9-39-17-6-13-15(7-18(17)40-9)29-16-5-12(21-22(20(13)16)27(38)31-26(21)37)11-4-10(33)2-3-14(11)30-28-25(36)24(35)23(34)19(8-32)41-28/h2-7,9,19,23-25,28-30,32-36H,8H2,1H3,(H,31,37,38). The van der Waals surface area contributed by atoms with Gasteiger partial charge in [-0.05, 0) is 35.9 Å². The second-order valence-corrected chi connectivity index (χ2v) is 10.3. The average molecular weight is 564 g/mol. The second kappa shape index (κ2) is 9.06. The number of carbonyl (C=O) groups is 2. The van der Waals surface area contributed by atoms with Crippen molar-refractivity contribution in [2.75, 3.05) is 11.9 Å². The molecule has 4 aromatic rings. The van der Waals surface area contributed by atoms with E-state index in [0.717, 1.165) is 0 Å². The highest BCUT2D eigenvalue weighted by molar-refractivity contribution is 6.32. The van der Waals surface area contributed by atoms with Crippen molar-refractivity contribution >= 4 is 39.3 Å². The number of H-pyrrole nitrogens is 1. The summed E-state index contributed by atoms with van der Waals surface area (Å²) in [5.74, 6) is -0.324. The number of aromatic hydroxyl groups is 1. The molecular weight excluding hydrogens is 538 g/mol. The van der Waals surface area contributed by atoms with Crippen LogP contribution in [0.3, 0.4) is 0 Å². The minimum Gasteiger partial charge on any atom is -0.508 e. The number of hydrogen-bond acceptors (Lipinski definition) is 11. The van der Waals surface area contributed by atoms with Gasteiger partial charge in [-0.15, -0.1) is 0 Å². The summed E-state index contributed by atoms with van der Waals surface area (Å²) in [7, 11) is 0. The largest absolute Gasteiger partial charge is 0.508 e. The number of ether oxygens (including phenoxy) is 3. The van der Waals surface area contributed by atoms with Gasteiger partial charge in [-0.25, -0.2) is 0 Å². The number of benzene rings is 3. The Morgan fingerprint density at radius 1 is 0.878 bits per heavy atom. The van der Waals surface area contributed by atoms with E-state index in [1.807, 2.05) is 0 Å². The number of carbonyl (C=O) groups excluding carboxylic acids is 2. The van der Waals surface area contributed by atoms with Crippen molar-refractivity contribution in [3.8, 4) is 28.4 Å².